The molecular weight excluding hydrogens is 500 g/mol. The number of nitrogens with one attached hydrogen (secondary N) is 1. The van der Waals surface area contributed by atoms with Crippen molar-refractivity contribution < 1.29 is 9.72 Å². The van der Waals surface area contributed by atoms with Crippen LogP contribution in [0.5, 0.6) is 0 Å². The van der Waals surface area contributed by atoms with Crippen molar-refractivity contribution in [1.82, 2.24) is 19.6 Å². The molecule has 0 atom stereocenters. The van der Waals surface area contributed by atoms with E-state index >= 15 is 0 Å². The van der Waals surface area contributed by atoms with Crippen LogP contribution in [0.15, 0.2) is 59.2 Å². The van der Waals surface area contributed by atoms with Crippen molar-refractivity contribution in [1.29, 1.82) is 0 Å². The van der Waals surface area contributed by atoms with E-state index in [0.29, 0.717) is 40.3 Å². The van der Waals surface area contributed by atoms with Gasteiger partial charge in [0.2, 0.25) is 0 Å². The molecule has 0 aliphatic carbocycles. The van der Waals surface area contributed by atoms with Gasteiger partial charge in [-0.05, 0) is 60.0 Å². The first-order chi connectivity index (χ1) is 16.2. The van der Waals surface area contributed by atoms with Crippen LogP contribution in [0, 0.1) is 30.9 Å². The Kier molecular flexibility index (Phi) is 6.60. The van der Waals surface area contributed by atoms with Gasteiger partial charge in [0.1, 0.15) is 11.4 Å². The third-order valence-electron chi connectivity index (χ3n) is 5.46. The number of aromatic nitrogens is 4. The van der Waals surface area contributed by atoms with Gasteiger partial charge in [-0.2, -0.15) is 10.2 Å². The van der Waals surface area contributed by atoms with Crippen LogP contribution in [0.4, 0.5) is 11.5 Å². The number of hydrogen-bond acceptors (Lipinski definition) is 5. The second-order valence-electron chi connectivity index (χ2n) is 8.10. The maximum Gasteiger partial charge on any atom is 0.312 e. The lowest BCUT2D eigenvalue weighted by molar-refractivity contribution is -0.386. The Labute approximate surface area is 204 Å². The van der Waals surface area contributed by atoms with Crippen molar-refractivity contribution >= 4 is 33.3 Å². The van der Waals surface area contributed by atoms with Gasteiger partial charge in [-0.25, -0.2) is 0 Å². The Balaban J connectivity index is 1.48. The molecule has 1 N–H and O–H groups in total. The molecule has 0 aliphatic heterocycles. The molecule has 0 saturated heterocycles. The van der Waals surface area contributed by atoms with Gasteiger partial charge < -0.3 is 5.32 Å². The lowest BCUT2D eigenvalue weighted by atomic mass is 10.1. The fourth-order valence-electron chi connectivity index (χ4n) is 3.71. The molecule has 0 aliphatic rings. The van der Waals surface area contributed by atoms with Gasteiger partial charge in [0.05, 0.1) is 22.5 Å². The van der Waals surface area contributed by atoms with Crippen LogP contribution in [0.25, 0.3) is 0 Å². The summed E-state index contributed by atoms with van der Waals surface area (Å²) in [7, 11) is 0. The first-order valence-electron chi connectivity index (χ1n) is 10.6. The Bertz CT molecular complexity index is 1370. The number of rotatable bonds is 7. The summed E-state index contributed by atoms with van der Waals surface area (Å²) in [5, 5.41) is 22.9. The number of halogens is 1. The molecule has 10 heteroatoms. The Morgan fingerprint density at radius 3 is 2.47 bits per heavy atom. The van der Waals surface area contributed by atoms with Gasteiger partial charge in [0, 0.05) is 11.8 Å². The number of benzene rings is 2. The van der Waals surface area contributed by atoms with E-state index in [-0.39, 0.29) is 11.6 Å². The summed E-state index contributed by atoms with van der Waals surface area (Å²) in [5.41, 5.74) is 4.40. The molecule has 0 spiro atoms. The SMILES string of the molecule is Cc1ccc(Cn2cc(Br)c(NC(=O)c3cccc(Cn4nc(C)c([N+](=O)[O-])c4C)c3)n2)cc1. The average molecular weight is 523 g/mol. The van der Waals surface area contributed by atoms with E-state index in [0.717, 1.165) is 11.1 Å². The van der Waals surface area contributed by atoms with Crippen LogP contribution in [-0.2, 0) is 13.1 Å². The number of hydrogen-bond donors (Lipinski definition) is 1. The van der Waals surface area contributed by atoms with Gasteiger partial charge in [-0.1, -0.05) is 42.0 Å². The van der Waals surface area contributed by atoms with Crippen LogP contribution in [0.2, 0.25) is 0 Å². The van der Waals surface area contributed by atoms with E-state index in [2.05, 4.69) is 31.4 Å². The lowest BCUT2D eigenvalue weighted by Gasteiger charge is -2.07. The fourth-order valence-corrected chi connectivity index (χ4v) is 4.13. The van der Waals surface area contributed by atoms with Gasteiger partial charge >= 0.3 is 5.69 Å². The molecule has 4 aromatic rings. The summed E-state index contributed by atoms with van der Waals surface area (Å²) in [6, 6.07) is 15.3. The van der Waals surface area contributed by atoms with E-state index < -0.39 is 4.92 Å². The zero-order valence-corrected chi connectivity index (χ0v) is 20.5. The zero-order chi connectivity index (χ0) is 24.4. The standard InChI is InChI=1S/C24H23BrN6O3/c1-15-7-9-18(10-8-15)12-29-14-21(25)23(28-29)26-24(32)20-6-4-5-19(11-20)13-30-17(3)22(31(33)34)16(2)27-30/h4-11,14H,12-13H2,1-3H3,(H,26,28,32). The van der Waals surface area contributed by atoms with Crippen molar-refractivity contribution in [2.75, 3.05) is 5.32 Å². The smallest absolute Gasteiger partial charge is 0.304 e. The molecule has 0 unspecified atom stereocenters. The molecule has 34 heavy (non-hydrogen) atoms. The zero-order valence-electron chi connectivity index (χ0n) is 18.9. The number of carbonyl (C=O) groups excluding carboxylic acids is 1. The second-order valence-corrected chi connectivity index (χ2v) is 8.95. The predicted molar refractivity (Wildman–Crippen MR) is 132 cm³/mol. The van der Waals surface area contributed by atoms with Crippen molar-refractivity contribution in [3.05, 3.63) is 103 Å². The molecule has 0 fully saturated rings. The first-order valence-corrected chi connectivity index (χ1v) is 11.4. The minimum atomic E-state index is -0.423. The molecular formula is C24H23BrN6O3. The highest BCUT2D eigenvalue weighted by atomic mass is 79.9. The third kappa shape index (κ3) is 5.07. The van der Waals surface area contributed by atoms with Crippen LogP contribution < -0.4 is 5.32 Å². The number of carbonyl (C=O) groups is 1. The summed E-state index contributed by atoms with van der Waals surface area (Å²) in [4.78, 5) is 23.7. The molecule has 9 nitrogen and oxygen atoms in total. The quantitative estimate of drug-likeness (QED) is 0.270. The molecule has 4 rings (SSSR count). The summed E-state index contributed by atoms with van der Waals surface area (Å²) in [5.74, 6) is 0.124. The van der Waals surface area contributed by atoms with Crippen LogP contribution in [-0.4, -0.2) is 30.4 Å². The van der Waals surface area contributed by atoms with Crippen molar-refractivity contribution in [3.8, 4) is 0 Å². The number of nitro groups is 1. The summed E-state index contributed by atoms with van der Waals surface area (Å²) in [6.45, 7) is 6.22. The Morgan fingerprint density at radius 1 is 1.06 bits per heavy atom. The van der Waals surface area contributed by atoms with E-state index in [1.54, 1.807) is 41.4 Å². The third-order valence-corrected chi connectivity index (χ3v) is 6.04. The van der Waals surface area contributed by atoms with E-state index in [9.17, 15) is 14.9 Å². The summed E-state index contributed by atoms with van der Waals surface area (Å²) < 4.78 is 4.02. The van der Waals surface area contributed by atoms with Crippen molar-refractivity contribution in [2.24, 2.45) is 0 Å². The van der Waals surface area contributed by atoms with Gasteiger partial charge in [0.15, 0.2) is 5.82 Å². The lowest BCUT2D eigenvalue weighted by Crippen LogP contribution is -2.14. The molecule has 0 saturated carbocycles. The average Bonchev–Trinajstić information content (AvgIpc) is 3.27. The number of amides is 1. The monoisotopic (exact) mass is 522 g/mol. The Hall–Kier alpha value is -3.79. The maximum atomic E-state index is 12.9. The summed E-state index contributed by atoms with van der Waals surface area (Å²) >= 11 is 3.47. The highest BCUT2D eigenvalue weighted by Gasteiger charge is 2.22. The van der Waals surface area contributed by atoms with Crippen molar-refractivity contribution in [3.63, 3.8) is 0 Å². The molecule has 1 amide bonds. The molecule has 2 aromatic heterocycles. The molecule has 2 heterocycles. The fraction of sp³-hybridized carbons (Fsp3) is 0.208. The van der Waals surface area contributed by atoms with E-state index in [1.165, 1.54) is 5.56 Å². The van der Waals surface area contributed by atoms with Crippen LogP contribution >= 0.6 is 15.9 Å². The van der Waals surface area contributed by atoms with Crippen molar-refractivity contribution in [2.45, 2.75) is 33.9 Å². The van der Waals surface area contributed by atoms with Gasteiger partial charge in [-0.15, -0.1) is 0 Å². The maximum absolute atomic E-state index is 12.9. The number of nitrogens with zero attached hydrogens (tertiary/aromatic N) is 5. The predicted octanol–water partition coefficient (Wildman–Crippen LogP) is 5.02. The van der Waals surface area contributed by atoms with Crippen LogP contribution in [0.3, 0.4) is 0 Å². The highest BCUT2D eigenvalue weighted by Crippen LogP contribution is 2.24. The minimum absolute atomic E-state index is 0.0139. The molecule has 0 radical (unpaired) electrons. The van der Waals surface area contributed by atoms with Gasteiger partial charge in [-0.3, -0.25) is 24.3 Å². The number of anilines is 1. The van der Waals surface area contributed by atoms with E-state index in [4.69, 9.17) is 0 Å². The summed E-state index contributed by atoms with van der Waals surface area (Å²) in [6.07, 6.45) is 1.82. The van der Waals surface area contributed by atoms with Crippen LogP contribution in [0.1, 0.15) is 38.4 Å². The number of aryl methyl sites for hydroxylation is 2. The topological polar surface area (TPSA) is 108 Å². The molecule has 2 aromatic carbocycles. The Morgan fingerprint density at radius 2 is 1.79 bits per heavy atom. The minimum Gasteiger partial charge on any atom is -0.304 e. The van der Waals surface area contributed by atoms with E-state index in [1.807, 2.05) is 43.5 Å². The second kappa shape index (κ2) is 9.60. The molecule has 0 bridgehead atoms. The first kappa shape index (κ1) is 23.4. The highest BCUT2D eigenvalue weighted by molar-refractivity contribution is 9.10. The normalized spacial score (nSPS) is 10.9. The van der Waals surface area contributed by atoms with Gasteiger partial charge in [0.25, 0.3) is 5.91 Å². The molecule has 174 valence electrons. The largest absolute Gasteiger partial charge is 0.312 e.